The number of rotatable bonds is 2. The first-order valence-electron chi connectivity index (χ1n) is 4.51. The largest absolute Gasteiger partial charge is 0.334 e. The summed E-state index contributed by atoms with van der Waals surface area (Å²) in [6, 6.07) is 3.11. The molecule has 1 unspecified atom stereocenters. The van der Waals surface area contributed by atoms with Crippen molar-refractivity contribution in [3.63, 3.8) is 0 Å². The number of halogens is 3. The summed E-state index contributed by atoms with van der Waals surface area (Å²) >= 11 is 5.73. The molecule has 3 nitrogen and oxygen atoms in total. The maximum absolute atomic E-state index is 13.3. The van der Waals surface area contributed by atoms with E-state index in [2.05, 4.69) is 10.1 Å². The highest BCUT2D eigenvalue weighted by molar-refractivity contribution is 6.20. The van der Waals surface area contributed by atoms with Gasteiger partial charge in [0.15, 0.2) is 5.82 Å². The molecule has 0 aliphatic rings. The number of benzene rings is 1. The molecule has 0 aliphatic heterocycles. The lowest BCUT2D eigenvalue weighted by molar-refractivity contribution is 0.420. The van der Waals surface area contributed by atoms with Crippen molar-refractivity contribution in [3.8, 4) is 11.5 Å². The van der Waals surface area contributed by atoms with Gasteiger partial charge < -0.3 is 4.52 Å². The van der Waals surface area contributed by atoms with Crippen molar-refractivity contribution >= 4 is 11.6 Å². The molecule has 1 aromatic heterocycles. The highest BCUT2D eigenvalue weighted by Gasteiger charge is 2.16. The van der Waals surface area contributed by atoms with Crippen LogP contribution in [0.5, 0.6) is 0 Å². The van der Waals surface area contributed by atoms with Crippen LogP contribution >= 0.6 is 11.6 Å². The molecule has 0 N–H and O–H groups in total. The van der Waals surface area contributed by atoms with Crippen molar-refractivity contribution in [1.82, 2.24) is 10.1 Å². The minimum Gasteiger partial charge on any atom is -0.334 e. The lowest BCUT2D eigenvalue weighted by Gasteiger charge is -1.96. The van der Waals surface area contributed by atoms with E-state index < -0.39 is 17.0 Å². The summed E-state index contributed by atoms with van der Waals surface area (Å²) in [7, 11) is 0. The van der Waals surface area contributed by atoms with Gasteiger partial charge in [0, 0.05) is 6.07 Å². The van der Waals surface area contributed by atoms with Crippen molar-refractivity contribution in [1.29, 1.82) is 0 Å². The second-order valence-corrected chi connectivity index (χ2v) is 3.85. The SMILES string of the molecule is CC(Cl)c1noc(-c2ccc(F)cc2F)n1. The van der Waals surface area contributed by atoms with Crippen LogP contribution in [-0.2, 0) is 0 Å². The van der Waals surface area contributed by atoms with E-state index in [4.69, 9.17) is 16.1 Å². The van der Waals surface area contributed by atoms with Crippen LogP contribution in [-0.4, -0.2) is 10.1 Å². The number of alkyl halides is 1. The Morgan fingerprint density at radius 1 is 1.38 bits per heavy atom. The van der Waals surface area contributed by atoms with E-state index in [1.54, 1.807) is 6.92 Å². The van der Waals surface area contributed by atoms with Gasteiger partial charge in [0.2, 0.25) is 0 Å². The first kappa shape index (κ1) is 11.0. The van der Waals surface area contributed by atoms with Crippen LogP contribution in [0.3, 0.4) is 0 Å². The number of hydrogen-bond donors (Lipinski definition) is 0. The third kappa shape index (κ3) is 2.04. The van der Waals surface area contributed by atoms with Gasteiger partial charge in [-0.15, -0.1) is 11.6 Å². The van der Waals surface area contributed by atoms with Crippen LogP contribution in [0.4, 0.5) is 8.78 Å². The molecule has 0 spiro atoms. The minimum absolute atomic E-state index is 0.0139. The maximum atomic E-state index is 13.3. The number of hydrogen-bond acceptors (Lipinski definition) is 3. The van der Waals surface area contributed by atoms with E-state index in [0.29, 0.717) is 0 Å². The lowest BCUT2D eigenvalue weighted by atomic mass is 10.2. The molecule has 0 bridgehead atoms. The Morgan fingerprint density at radius 2 is 2.12 bits per heavy atom. The molecule has 1 atom stereocenters. The molecule has 0 fully saturated rings. The Bertz CT molecular complexity index is 513. The molecule has 2 rings (SSSR count). The standard InChI is InChI=1S/C10H7ClF2N2O/c1-5(11)9-14-10(16-15-9)7-3-2-6(12)4-8(7)13/h2-5H,1H3. The second kappa shape index (κ2) is 4.17. The molecule has 16 heavy (non-hydrogen) atoms. The predicted molar refractivity (Wildman–Crippen MR) is 53.9 cm³/mol. The van der Waals surface area contributed by atoms with Gasteiger partial charge in [-0.05, 0) is 19.1 Å². The van der Waals surface area contributed by atoms with Gasteiger partial charge in [-0.1, -0.05) is 5.16 Å². The van der Waals surface area contributed by atoms with E-state index in [1.165, 1.54) is 6.07 Å². The zero-order valence-corrected chi connectivity index (χ0v) is 9.00. The quantitative estimate of drug-likeness (QED) is 0.761. The predicted octanol–water partition coefficient (Wildman–Crippen LogP) is 3.31. The third-order valence-corrected chi connectivity index (χ3v) is 2.15. The fourth-order valence-corrected chi connectivity index (χ4v) is 1.26. The van der Waals surface area contributed by atoms with Crippen molar-refractivity contribution in [3.05, 3.63) is 35.7 Å². The van der Waals surface area contributed by atoms with Gasteiger partial charge in [0.05, 0.1) is 10.9 Å². The smallest absolute Gasteiger partial charge is 0.260 e. The van der Waals surface area contributed by atoms with Crippen LogP contribution in [0.2, 0.25) is 0 Å². The Hall–Kier alpha value is -1.49. The highest BCUT2D eigenvalue weighted by atomic mass is 35.5. The molecule has 0 aliphatic carbocycles. The first-order valence-corrected chi connectivity index (χ1v) is 4.94. The van der Waals surface area contributed by atoms with Gasteiger partial charge >= 0.3 is 0 Å². The summed E-state index contributed by atoms with van der Waals surface area (Å²) in [5.41, 5.74) is 0.0532. The summed E-state index contributed by atoms with van der Waals surface area (Å²) in [5.74, 6) is -1.16. The molecule has 1 aromatic carbocycles. The monoisotopic (exact) mass is 244 g/mol. The Morgan fingerprint density at radius 3 is 2.69 bits per heavy atom. The van der Waals surface area contributed by atoms with Gasteiger partial charge in [-0.2, -0.15) is 4.98 Å². The Balaban J connectivity index is 2.42. The van der Waals surface area contributed by atoms with Gasteiger partial charge in [-0.3, -0.25) is 0 Å². The zero-order chi connectivity index (χ0) is 11.7. The summed E-state index contributed by atoms with van der Waals surface area (Å²) in [6.07, 6.45) is 0. The van der Waals surface area contributed by atoms with Gasteiger partial charge in [0.1, 0.15) is 11.6 Å². The molecular formula is C10H7ClF2N2O. The van der Waals surface area contributed by atoms with Crippen molar-refractivity contribution < 1.29 is 13.3 Å². The van der Waals surface area contributed by atoms with E-state index in [-0.39, 0.29) is 17.3 Å². The second-order valence-electron chi connectivity index (χ2n) is 3.20. The molecule has 0 saturated carbocycles. The van der Waals surface area contributed by atoms with Gasteiger partial charge in [-0.25, -0.2) is 8.78 Å². The summed E-state index contributed by atoms with van der Waals surface area (Å²) in [6.45, 7) is 1.66. The zero-order valence-electron chi connectivity index (χ0n) is 8.25. The van der Waals surface area contributed by atoms with E-state index in [9.17, 15) is 8.78 Å². The molecule has 0 radical (unpaired) electrons. The van der Waals surface area contributed by atoms with Crippen LogP contribution in [0.1, 0.15) is 18.1 Å². The molecule has 84 valence electrons. The van der Waals surface area contributed by atoms with Crippen LogP contribution < -0.4 is 0 Å². The fourth-order valence-electron chi connectivity index (χ4n) is 1.17. The van der Waals surface area contributed by atoms with Crippen LogP contribution in [0.15, 0.2) is 22.7 Å². The highest BCUT2D eigenvalue weighted by Crippen LogP contribution is 2.24. The molecule has 2 aromatic rings. The fraction of sp³-hybridized carbons (Fsp3) is 0.200. The van der Waals surface area contributed by atoms with Crippen molar-refractivity contribution in [2.75, 3.05) is 0 Å². The van der Waals surface area contributed by atoms with E-state index in [1.807, 2.05) is 0 Å². The Kier molecular flexibility index (Phi) is 2.87. The normalized spacial score (nSPS) is 12.8. The molecular weight excluding hydrogens is 238 g/mol. The average Bonchev–Trinajstić information content (AvgIpc) is 2.66. The topological polar surface area (TPSA) is 38.9 Å². The third-order valence-electron chi connectivity index (χ3n) is 1.96. The van der Waals surface area contributed by atoms with Crippen molar-refractivity contribution in [2.24, 2.45) is 0 Å². The minimum atomic E-state index is -0.752. The maximum Gasteiger partial charge on any atom is 0.260 e. The Labute approximate surface area is 95.0 Å². The molecule has 0 amide bonds. The van der Waals surface area contributed by atoms with Gasteiger partial charge in [0.25, 0.3) is 5.89 Å². The van der Waals surface area contributed by atoms with Crippen LogP contribution in [0, 0.1) is 11.6 Å². The lowest BCUT2D eigenvalue weighted by Crippen LogP contribution is -1.89. The van der Waals surface area contributed by atoms with Crippen molar-refractivity contribution in [2.45, 2.75) is 12.3 Å². The number of nitrogens with zero attached hydrogens (tertiary/aromatic N) is 2. The summed E-state index contributed by atoms with van der Waals surface area (Å²) in [5, 5.41) is 3.15. The summed E-state index contributed by atoms with van der Waals surface area (Å²) < 4.78 is 30.8. The number of aromatic nitrogens is 2. The molecule has 1 heterocycles. The first-order chi connectivity index (χ1) is 7.58. The summed E-state index contributed by atoms with van der Waals surface area (Å²) in [4.78, 5) is 3.90. The molecule has 0 saturated heterocycles. The average molecular weight is 245 g/mol. The van der Waals surface area contributed by atoms with E-state index in [0.717, 1.165) is 12.1 Å². The van der Waals surface area contributed by atoms with E-state index >= 15 is 0 Å². The van der Waals surface area contributed by atoms with Crippen LogP contribution in [0.25, 0.3) is 11.5 Å². The molecule has 6 heteroatoms.